The van der Waals surface area contributed by atoms with Crippen LogP contribution in [0.4, 0.5) is 4.79 Å². The first-order valence-corrected chi connectivity index (χ1v) is 25.5. The van der Waals surface area contributed by atoms with Gasteiger partial charge < -0.3 is 87.0 Å². The van der Waals surface area contributed by atoms with Crippen LogP contribution in [0.2, 0.25) is 0 Å². The minimum atomic E-state index is -1.44. The molecule has 0 saturated heterocycles. The van der Waals surface area contributed by atoms with E-state index >= 15 is 0 Å². The van der Waals surface area contributed by atoms with Crippen molar-refractivity contribution in [2.75, 3.05) is 31.1 Å². The number of primary amides is 1. The summed E-state index contributed by atoms with van der Waals surface area (Å²) in [5.41, 5.74) is 34.8. The van der Waals surface area contributed by atoms with E-state index < -0.39 is 102 Å². The Hall–Kier alpha value is -7.79. The molecule has 1 heterocycles. The van der Waals surface area contributed by atoms with E-state index in [2.05, 4.69) is 82.8 Å². The van der Waals surface area contributed by atoms with Crippen LogP contribution in [0.3, 0.4) is 0 Å². The Balaban J connectivity index is 1.92. The normalized spacial score (nSPS) is 14.1. The first-order chi connectivity index (χ1) is 36.1. The van der Waals surface area contributed by atoms with Gasteiger partial charge in [-0.25, -0.2) is 9.59 Å². The molecule has 9 amide bonds. The van der Waals surface area contributed by atoms with Crippen LogP contribution < -0.4 is 76.9 Å². The number of hydrogen-bond donors (Lipinski definition) is 18. The number of carbonyl (C=O) groups excluding carboxylic acids is 8. The van der Waals surface area contributed by atoms with E-state index in [-0.39, 0.29) is 88.0 Å². The number of rotatable bonds is 33. The number of para-hydroxylation sites is 1. The minimum Gasteiger partial charge on any atom is -0.480 e. The van der Waals surface area contributed by atoms with E-state index in [1.165, 1.54) is 6.92 Å². The quantitative estimate of drug-likeness (QED) is 0.0120. The highest BCUT2D eigenvalue weighted by Crippen LogP contribution is 2.20. The Bertz CT molecular complexity index is 2510. The molecule has 27 nitrogen and oxygen atoms in total. The second-order valence-electron chi connectivity index (χ2n) is 17.5. The summed E-state index contributed by atoms with van der Waals surface area (Å²) in [5.74, 6) is -7.93. The molecule has 8 atom stereocenters. The molecule has 0 bridgehead atoms. The number of fused-ring (bicyclic) bond motifs is 1. The number of urea groups is 1. The number of hydrogen-bond acceptors (Lipinski definition) is 14. The lowest BCUT2D eigenvalue weighted by molar-refractivity contribution is -0.141. The molecule has 0 unspecified atom stereocenters. The van der Waals surface area contributed by atoms with Crippen molar-refractivity contribution in [3.63, 3.8) is 0 Å². The van der Waals surface area contributed by atoms with Gasteiger partial charge >= 0.3 is 12.0 Å². The van der Waals surface area contributed by atoms with Crippen LogP contribution in [0.5, 0.6) is 0 Å². The van der Waals surface area contributed by atoms with Crippen molar-refractivity contribution in [3.05, 3.63) is 71.9 Å². The number of amides is 9. The maximum absolute atomic E-state index is 14.5. The second kappa shape index (κ2) is 32.5. The highest BCUT2D eigenvalue weighted by Gasteiger charge is 2.34. The van der Waals surface area contributed by atoms with Gasteiger partial charge in [-0.2, -0.15) is 25.3 Å². The smallest absolute Gasteiger partial charge is 0.327 e. The third kappa shape index (κ3) is 22.0. The number of carbonyl (C=O) groups is 9. The van der Waals surface area contributed by atoms with Crippen molar-refractivity contribution in [3.8, 4) is 0 Å². The van der Waals surface area contributed by atoms with Gasteiger partial charge in [-0.05, 0) is 62.6 Å². The Morgan fingerprint density at radius 3 is 1.61 bits per heavy atom. The highest BCUT2D eigenvalue weighted by atomic mass is 32.1. The molecular weight excluding hydrogens is 1030 g/mol. The molecule has 0 radical (unpaired) electrons. The molecular formula is C47H71N17O10S2. The molecule has 416 valence electrons. The molecule has 1 aromatic heterocycles. The topological polar surface area (TPSA) is 467 Å². The maximum Gasteiger partial charge on any atom is 0.327 e. The number of nitrogens with two attached hydrogens (primary N) is 6. The number of nitrogens with zero attached hydrogens (tertiary/aromatic N) is 2. The number of aliphatic carboxylic acids is 1. The Labute approximate surface area is 449 Å². The summed E-state index contributed by atoms with van der Waals surface area (Å²) in [4.78, 5) is 131. The van der Waals surface area contributed by atoms with Crippen molar-refractivity contribution in [2.45, 2.75) is 107 Å². The lowest BCUT2D eigenvalue weighted by atomic mass is 10.0. The number of aromatic amines is 1. The Kier molecular flexibility index (Phi) is 26.7. The number of aromatic nitrogens is 1. The molecule has 3 rings (SSSR count). The molecule has 0 aliphatic carbocycles. The zero-order valence-corrected chi connectivity index (χ0v) is 43.7. The van der Waals surface area contributed by atoms with Crippen LogP contribution in [0, 0.1) is 0 Å². The molecule has 76 heavy (non-hydrogen) atoms. The van der Waals surface area contributed by atoms with Crippen molar-refractivity contribution >= 4 is 101 Å². The lowest BCUT2D eigenvalue weighted by Crippen LogP contribution is -2.60. The van der Waals surface area contributed by atoms with Crippen LogP contribution in [-0.2, 0) is 51.2 Å². The lowest BCUT2D eigenvalue weighted by Gasteiger charge is -2.27. The van der Waals surface area contributed by atoms with Gasteiger partial charge in [-0.3, -0.25) is 43.5 Å². The van der Waals surface area contributed by atoms with E-state index in [9.17, 15) is 48.3 Å². The molecule has 0 aliphatic rings. The van der Waals surface area contributed by atoms with Gasteiger partial charge in [0.25, 0.3) is 0 Å². The zero-order valence-electron chi connectivity index (χ0n) is 42.0. The van der Waals surface area contributed by atoms with Crippen LogP contribution in [0.15, 0.2) is 70.8 Å². The summed E-state index contributed by atoms with van der Waals surface area (Å²) in [6, 6.07) is 4.25. The van der Waals surface area contributed by atoms with Crippen LogP contribution in [-0.4, -0.2) is 155 Å². The molecule has 29 heteroatoms. The number of H-pyrrole nitrogens is 1. The van der Waals surface area contributed by atoms with Gasteiger partial charge in [-0.15, -0.1) is 0 Å². The zero-order chi connectivity index (χ0) is 56.3. The first-order valence-electron chi connectivity index (χ1n) is 24.2. The maximum atomic E-state index is 14.5. The van der Waals surface area contributed by atoms with Gasteiger partial charge in [0, 0.05) is 61.1 Å². The van der Waals surface area contributed by atoms with E-state index in [0.717, 1.165) is 10.9 Å². The molecule has 0 aliphatic heterocycles. The van der Waals surface area contributed by atoms with Crippen LogP contribution in [0.1, 0.15) is 56.6 Å². The standard InChI is InChI=1S/C47H71N17O10S2/c1-25(58-43(71)35(23-75)63-38(66)29(48)13-7-17-54-45(49)50)37(65)59-31(15-8-18-55-46(51)52)39(67)61-33(20-26-10-3-2-4-11-26)41(69)60-32(16-9-19-56-47(53)74)40(68)62-34(42(70)64-36(24-76)44(72)73)21-27-22-57-30-14-6-5-12-28(27)30/h2-6,10-12,14,22,25,29,31-36,57,75-76H,7-9,13,15-21,23-24,48H2,1H3,(H,58,71)(H,59,65)(H,60,69)(H,61,67)(H,62,68)(H,63,66)(H,64,70)(H,72,73)(H4,49,50,54)(H4,51,52,55)(H3,53,56,74)/t25-,29+,31+,32+,33-,34-,35+,36+/m1/s1. The summed E-state index contributed by atoms with van der Waals surface area (Å²) in [5, 5.41) is 30.9. The number of carboxylic acids is 1. The summed E-state index contributed by atoms with van der Waals surface area (Å²) in [6.45, 7) is 1.58. The minimum absolute atomic E-state index is 0.0261. The van der Waals surface area contributed by atoms with Gasteiger partial charge in [0.1, 0.15) is 42.3 Å². The van der Waals surface area contributed by atoms with E-state index in [1.54, 1.807) is 60.8 Å². The van der Waals surface area contributed by atoms with Gasteiger partial charge in [0.2, 0.25) is 41.4 Å². The summed E-state index contributed by atoms with van der Waals surface area (Å²) >= 11 is 8.23. The fourth-order valence-electron chi connectivity index (χ4n) is 7.42. The second-order valence-corrected chi connectivity index (χ2v) is 18.2. The molecule has 2 aromatic carbocycles. The summed E-state index contributed by atoms with van der Waals surface area (Å²) in [7, 11) is 0. The number of aliphatic imine (C=N–C) groups is 2. The molecule has 0 spiro atoms. The number of nitrogens with one attached hydrogen (secondary N) is 9. The van der Waals surface area contributed by atoms with Gasteiger partial charge in [-0.1, -0.05) is 48.5 Å². The number of thiol groups is 2. The van der Waals surface area contributed by atoms with Crippen molar-refractivity contribution in [1.82, 2.24) is 47.5 Å². The molecule has 0 fully saturated rings. The number of benzene rings is 2. The Morgan fingerprint density at radius 2 is 1.04 bits per heavy atom. The summed E-state index contributed by atoms with van der Waals surface area (Å²) < 4.78 is 0. The van der Waals surface area contributed by atoms with Gasteiger partial charge in [0.05, 0.1) is 6.04 Å². The van der Waals surface area contributed by atoms with Crippen molar-refractivity contribution < 1.29 is 48.3 Å². The molecule has 22 N–H and O–H groups in total. The molecule has 3 aromatic rings. The monoisotopic (exact) mass is 1100 g/mol. The van der Waals surface area contributed by atoms with Crippen LogP contribution in [0.25, 0.3) is 10.9 Å². The van der Waals surface area contributed by atoms with E-state index in [0.29, 0.717) is 17.5 Å². The van der Waals surface area contributed by atoms with Crippen LogP contribution >= 0.6 is 25.3 Å². The largest absolute Gasteiger partial charge is 0.480 e. The average molecular weight is 1100 g/mol. The fourth-order valence-corrected chi connectivity index (χ4v) is 7.93. The van der Waals surface area contributed by atoms with Crippen molar-refractivity contribution in [2.24, 2.45) is 44.4 Å². The molecule has 0 saturated carbocycles. The van der Waals surface area contributed by atoms with E-state index in [4.69, 9.17) is 34.4 Å². The SMILES string of the molecule is C[C@@H](NC(=O)[C@H](CS)NC(=O)[C@@H](N)CCCN=C(N)N)C(=O)N[C@@H](CCCN=C(N)N)C(=O)N[C@H](Cc1ccccc1)C(=O)N[C@@H](CCCNC(N)=O)C(=O)N[C@H](Cc1c[nH]c2ccccc12)C(=O)N[C@@H](CS)C(=O)O. The third-order valence-corrected chi connectivity index (χ3v) is 12.2. The van der Waals surface area contributed by atoms with E-state index in [1.807, 2.05) is 0 Å². The Morgan fingerprint density at radius 1 is 0.566 bits per heavy atom. The fraction of sp³-hybridized carbons (Fsp3) is 0.468. The first kappa shape index (κ1) is 62.5. The summed E-state index contributed by atoms with van der Waals surface area (Å²) in [6.07, 6.45) is 1.94. The number of guanidine groups is 2. The van der Waals surface area contributed by atoms with Gasteiger partial charge in [0.15, 0.2) is 11.9 Å². The third-order valence-electron chi connectivity index (χ3n) is 11.5. The predicted octanol–water partition coefficient (Wildman–Crippen LogP) is -3.81. The predicted molar refractivity (Wildman–Crippen MR) is 291 cm³/mol. The van der Waals surface area contributed by atoms with Crippen molar-refractivity contribution in [1.29, 1.82) is 0 Å². The average Bonchev–Trinajstić information content (AvgIpc) is 3.79. The highest BCUT2D eigenvalue weighted by molar-refractivity contribution is 7.80. The number of carboxylic acid groups (broad SMARTS) is 1.